The Morgan fingerprint density at radius 2 is 0.879 bits per heavy atom. The number of sulfonamides is 2. The van der Waals surface area contributed by atoms with Crippen molar-refractivity contribution in [1.82, 2.24) is 8.61 Å². The second-order valence-corrected chi connectivity index (χ2v) is 12.9. The van der Waals surface area contributed by atoms with Gasteiger partial charge in [-0.2, -0.15) is 8.61 Å². The summed E-state index contributed by atoms with van der Waals surface area (Å²) in [7, 11) is -7.35. The van der Waals surface area contributed by atoms with Crippen molar-refractivity contribution < 1.29 is 21.6 Å². The van der Waals surface area contributed by atoms with Crippen molar-refractivity contribution in [2.45, 2.75) is 54.7 Å². The summed E-state index contributed by atoms with van der Waals surface area (Å²) in [5.41, 5.74) is 1.92. The summed E-state index contributed by atoms with van der Waals surface area (Å²) in [6.45, 7) is 1.97. The molecule has 9 heteroatoms. The van der Waals surface area contributed by atoms with E-state index < -0.39 is 20.0 Å². The summed E-state index contributed by atoms with van der Waals surface area (Å²) in [4.78, 5) is 13.5. The number of ketones is 1. The minimum absolute atomic E-state index is 0.113. The number of benzene rings is 2. The molecule has 0 amide bonds. The van der Waals surface area contributed by atoms with Crippen molar-refractivity contribution in [3.05, 3.63) is 47.5 Å². The van der Waals surface area contributed by atoms with E-state index in [0.29, 0.717) is 48.4 Å². The van der Waals surface area contributed by atoms with E-state index in [1.54, 1.807) is 24.3 Å². The monoisotopic (exact) mass is 488 g/mol. The topological polar surface area (TPSA) is 91.8 Å². The average Bonchev–Trinajstić information content (AvgIpc) is 3.00. The Morgan fingerprint density at radius 3 is 1.27 bits per heavy atom. The molecule has 2 heterocycles. The maximum absolute atomic E-state index is 13.2. The van der Waals surface area contributed by atoms with Crippen LogP contribution in [0.4, 0.5) is 0 Å². The normalized spacial score (nSPS) is 20.3. The zero-order valence-electron chi connectivity index (χ0n) is 18.5. The van der Waals surface area contributed by atoms with Crippen LogP contribution in [0.5, 0.6) is 0 Å². The van der Waals surface area contributed by atoms with Gasteiger partial charge in [-0.05, 0) is 61.1 Å². The van der Waals surface area contributed by atoms with Crippen molar-refractivity contribution >= 4 is 25.8 Å². The molecule has 0 radical (unpaired) electrons. The molecule has 3 aliphatic rings. The maximum Gasteiger partial charge on any atom is 0.243 e. The first kappa shape index (κ1) is 22.7. The van der Waals surface area contributed by atoms with E-state index in [9.17, 15) is 21.6 Å². The molecule has 33 heavy (non-hydrogen) atoms. The second-order valence-electron chi connectivity index (χ2n) is 9.03. The molecule has 2 aromatic carbocycles. The van der Waals surface area contributed by atoms with E-state index in [1.165, 1.54) is 20.7 Å². The van der Waals surface area contributed by atoms with E-state index in [4.69, 9.17) is 0 Å². The van der Waals surface area contributed by atoms with Gasteiger partial charge in [-0.15, -0.1) is 0 Å². The molecular weight excluding hydrogens is 460 g/mol. The summed E-state index contributed by atoms with van der Waals surface area (Å²) in [6.07, 6.45) is 6.41. The summed E-state index contributed by atoms with van der Waals surface area (Å²) >= 11 is 0. The molecule has 176 valence electrons. The van der Waals surface area contributed by atoms with E-state index >= 15 is 0 Å². The number of nitrogens with zero attached hydrogens (tertiary/aromatic N) is 2. The lowest BCUT2D eigenvalue weighted by atomic mass is 10.1. The molecule has 0 saturated carbocycles. The molecule has 7 nitrogen and oxygen atoms in total. The van der Waals surface area contributed by atoms with Crippen molar-refractivity contribution in [3.63, 3.8) is 0 Å². The molecule has 0 unspecified atom stereocenters. The number of hydrogen-bond acceptors (Lipinski definition) is 5. The van der Waals surface area contributed by atoms with Crippen LogP contribution in [-0.2, 0) is 20.0 Å². The lowest BCUT2D eigenvalue weighted by Crippen LogP contribution is -2.35. The van der Waals surface area contributed by atoms with Crippen LogP contribution < -0.4 is 0 Å². The fourth-order valence-corrected chi connectivity index (χ4v) is 8.13. The van der Waals surface area contributed by atoms with Crippen LogP contribution in [0.2, 0.25) is 0 Å². The summed E-state index contributed by atoms with van der Waals surface area (Å²) in [5, 5.41) is 0. The van der Waals surface area contributed by atoms with Gasteiger partial charge < -0.3 is 0 Å². The van der Waals surface area contributed by atoms with Crippen molar-refractivity contribution in [1.29, 1.82) is 0 Å². The number of hydrogen-bond donors (Lipinski definition) is 0. The first-order chi connectivity index (χ1) is 15.8. The SMILES string of the molecule is O=C1c2cc(S(=O)(=O)N3CCCCCC3)ccc2-c2ccc(S(=O)(=O)N3CCCCC3)cc21. The third-order valence-corrected chi connectivity index (χ3v) is 10.7. The number of carbonyl (C=O) groups excluding carboxylic acids is 1. The fourth-order valence-electron chi connectivity index (χ4n) is 5.04. The van der Waals surface area contributed by atoms with E-state index in [1.807, 2.05) is 0 Å². The van der Waals surface area contributed by atoms with E-state index in [2.05, 4.69) is 0 Å². The van der Waals surface area contributed by atoms with Gasteiger partial charge in [0.05, 0.1) is 9.79 Å². The highest BCUT2D eigenvalue weighted by molar-refractivity contribution is 7.89. The Labute approximate surface area is 195 Å². The Balaban J connectivity index is 1.48. The number of piperidine rings is 1. The first-order valence-corrected chi connectivity index (χ1v) is 14.5. The largest absolute Gasteiger partial charge is 0.289 e. The van der Waals surface area contributed by atoms with Gasteiger partial charge >= 0.3 is 0 Å². The van der Waals surface area contributed by atoms with Gasteiger partial charge in [0.1, 0.15) is 0 Å². The number of carbonyl (C=O) groups is 1. The van der Waals surface area contributed by atoms with Gasteiger partial charge in [-0.1, -0.05) is 31.4 Å². The maximum atomic E-state index is 13.2. The van der Waals surface area contributed by atoms with Gasteiger partial charge in [0.25, 0.3) is 0 Å². The smallest absolute Gasteiger partial charge is 0.243 e. The molecule has 5 rings (SSSR count). The minimum Gasteiger partial charge on any atom is -0.289 e. The highest BCUT2D eigenvalue weighted by Crippen LogP contribution is 2.39. The minimum atomic E-state index is -3.69. The van der Waals surface area contributed by atoms with Crippen molar-refractivity contribution in [2.24, 2.45) is 0 Å². The van der Waals surface area contributed by atoms with Crippen LogP contribution >= 0.6 is 0 Å². The summed E-state index contributed by atoms with van der Waals surface area (Å²) < 4.78 is 55.6. The first-order valence-electron chi connectivity index (χ1n) is 11.6. The van der Waals surface area contributed by atoms with Crippen LogP contribution in [0.3, 0.4) is 0 Å². The van der Waals surface area contributed by atoms with Gasteiger partial charge in [0.15, 0.2) is 5.78 Å². The quantitative estimate of drug-likeness (QED) is 0.559. The number of rotatable bonds is 4. The standard InChI is InChI=1S/C24H28N2O5S2/c27-24-22-16-18(32(28,29)25-12-4-1-2-5-13-25)8-10-20(22)21-11-9-19(17-23(21)24)33(30,31)26-14-6-3-7-15-26/h8-11,16-17H,1-7,12-15H2. The Hall–Kier alpha value is -2.07. The van der Waals surface area contributed by atoms with Crippen LogP contribution in [0, 0.1) is 0 Å². The molecule has 2 saturated heterocycles. The Morgan fingerprint density at radius 1 is 0.515 bits per heavy atom. The highest BCUT2D eigenvalue weighted by atomic mass is 32.2. The summed E-state index contributed by atoms with van der Waals surface area (Å²) in [5.74, 6) is -0.330. The lowest BCUT2D eigenvalue weighted by Gasteiger charge is -2.26. The number of fused-ring (bicyclic) bond motifs is 3. The van der Waals surface area contributed by atoms with E-state index in [0.717, 1.165) is 44.9 Å². The molecule has 0 aromatic heterocycles. The predicted molar refractivity (Wildman–Crippen MR) is 125 cm³/mol. The van der Waals surface area contributed by atoms with Crippen LogP contribution in [-0.4, -0.2) is 57.4 Å². The molecule has 1 aliphatic carbocycles. The molecule has 2 aliphatic heterocycles. The van der Waals surface area contributed by atoms with Crippen LogP contribution in [0.25, 0.3) is 11.1 Å². The van der Waals surface area contributed by atoms with E-state index in [-0.39, 0.29) is 15.6 Å². The van der Waals surface area contributed by atoms with Crippen molar-refractivity contribution in [2.75, 3.05) is 26.2 Å². The molecule has 0 N–H and O–H groups in total. The van der Waals surface area contributed by atoms with Gasteiger partial charge in [-0.25, -0.2) is 16.8 Å². The van der Waals surface area contributed by atoms with Gasteiger partial charge in [0, 0.05) is 37.3 Å². The predicted octanol–water partition coefficient (Wildman–Crippen LogP) is 3.64. The summed E-state index contributed by atoms with van der Waals surface area (Å²) in [6, 6.07) is 9.34. The lowest BCUT2D eigenvalue weighted by molar-refractivity contribution is 0.104. The third-order valence-electron chi connectivity index (χ3n) is 6.92. The second kappa shape index (κ2) is 8.61. The van der Waals surface area contributed by atoms with Gasteiger partial charge in [0.2, 0.25) is 20.0 Å². The van der Waals surface area contributed by atoms with Gasteiger partial charge in [-0.3, -0.25) is 4.79 Å². The zero-order chi connectivity index (χ0) is 23.2. The fraction of sp³-hybridized carbons (Fsp3) is 0.458. The Kier molecular flexibility index (Phi) is 5.93. The molecule has 0 spiro atoms. The van der Waals surface area contributed by atoms with Crippen LogP contribution in [0.15, 0.2) is 46.2 Å². The molecule has 2 aromatic rings. The molecule has 2 fully saturated rings. The van der Waals surface area contributed by atoms with Crippen molar-refractivity contribution in [3.8, 4) is 11.1 Å². The van der Waals surface area contributed by atoms with Crippen LogP contribution in [0.1, 0.15) is 60.9 Å². The molecular formula is C24H28N2O5S2. The average molecular weight is 489 g/mol. The zero-order valence-corrected chi connectivity index (χ0v) is 20.1. The Bertz CT molecular complexity index is 1300. The molecule has 0 atom stereocenters. The third kappa shape index (κ3) is 3.95. The highest BCUT2D eigenvalue weighted by Gasteiger charge is 2.33. The molecule has 0 bridgehead atoms.